The molecule has 0 unspecified atom stereocenters. The van der Waals surface area contributed by atoms with E-state index in [1.165, 1.54) is 0 Å². The van der Waals surface area contributed by atoms with Gasteiger partial charge in [-0.3, -0.25) is 9.48 Å². The number of aromatic nitrogens is 5. The number of rotatable bonds is 4. The molecule has 178 valence electrons. The number of carbonyl (C=O) groups is 1. The number of pyridine rings is 1. The molecule has 10 nitrogen and oxygen atoms in total. The van der Waals surface area contributed by atoms with Gasteiger partial charge in [0, 0.05) is 50.0 Å². The molecule has 0 bridgehead atoms. The van der Waals surface area contributed by atoms with Crippen LogP contribution in [0, 0.1) is 16.7 Å². The number of fused-ring (bicyclic) bond motifs is 1. The van der Waals surface area contributed by atoms with Crippen LogP contribution in [0.15, 0.2) is 47.1 Å². The summed E-state index contributed by atoms with van der Waals surface area (Å²) in [6.07, 6.45) is 3.52. The van der Waals surface area contributed by atoms with Crippen LogP contribution < -0.4 is 4.90 Å². The van der Waals surface area contributed by atoms with Gasteiger partial charge in [-0.2, -0.15) is 10.2 Å². The van der Waals surface area contributed by atoms with Gasteiger partial charge in [-0.25, -0.2) is 4.98 Å². The summed E-state index contributed by atoms with van der Waals surface area (Å²) < 4.78 is 7.58. The maximum Gasteiger partial charge on any atom is 0.300 e. The molecule has 5 rings (SSSR count). The quantitative estimate of drug-likeness (QED) is 0.446. The van der Waals surface area contributed by atoms with Gasteiger partial charge >= 0.3 is 0 Å². The first-order valence-corrected chi connectivity index (χ1v) is 11.5. The number of hydrogen-bond donors (Lipinski definition) is 0. The molecule has 0 saturated carbocycles. The first-order valence-electron chi connectivity index (χ1n) is 11.5. The normalized spacial score (nSPS) is 14.3. The Morgan fingerprint density at radius 1 is 1.17 bits per heavy atom. The van der Waals surface area contributed by atoms with Crippen LogP contribution in [0.4, 0.5) is 6.01 Å². The zero-order valence-electron chi connectivity index (χ0n) is 20.0. The molecule has 1 fully saturated rings. The second kappa shape index (κ2) is 8.83. The van der Waals surface area contributed by atoms with Crippen LogP contribution in [0.2, 0.25) is 0 Å². The Morgan fingerprint density at radius 2 is 1.97 bits per heavy atom. The highest BCUT2D eigenvalue weighted by Crippen LogP contribution is 2.25. The molecule has 0 atom stereocenters. The van der Waals surface area contributed by atoms with Gasteiger partial charge in [0.15, 0.2) is 5.58 Å². The summed E-state index contributed by atoms with van der Waals surface area (Å²) in [5.41, 5.74) is 3.43. The number of piperazine rings is 1. The molecule has 1 amide bonds. The van der Waals surface area contributed by atoms with Gasteiger partial charge in [-0.05, 0) is 29.7 Å². The molecule has 0 radical (unpaired) electrons. The Labute approximate surface area is 202 Å². The molecule has 0 N–H and O–H groups in total. The minimum absolute atomic E-state index is 0.0562. The van der Waals surface area contributed by atoms with Crippen molar-refractivity contribution in [1.82, 2.24) is 29.9 Å². The van der Waals surface area contributed by atoms with Crippen LogP contribution in [0.3, 0.4) is 0 Å². The number of nitrogens with zero attached hydrogens (tertiary/aromatic N) is 8. The SMILES string of the molecule is CC(C)(C)Cn1cc(-c2ccc(C(=O)N3CCN(c4nc5ncccc5o4)CC3)cc2C#N)nn1. The molecule has 0 aliphatic carbocycles. The summed E-state index contributed by atoms with van der Waals surface area (Å²) in [6, 6.07) is 11.5. The third-order valence-corrected chi connectivity index (χ3v) is 5.83. The first kappa shape index (κ1) is 22.5. The van der Waals surface area contributed by atoms with Crippen molar-refractivity contribution in [2.45, 2.75) is 27.3 Å². The van der Waals surface area contributed by atoms with E-state index in [0.29, 0.717) is 72.4 Å². The molecule has 4 heterocycles. The summed E-state index contributed by atoms with van der Waals surface area (Å²) in [5.74, 6) is -0.108. The number of amides is 1. The van der Waals surface area contributed by atoms with Gasteiger partial charge in [-0.15, -0.1) is 5.10 Å². The Kier molecular flexibility index (Phi) is 5.68. The van der Waals surface area contributed by atoms with Crippen molar-refractivity contribution >= 4 is 23.2 Å². The van der Waals surface area contributed by atoms with Crippen molar-refractivity contribution in [3.8, 4) is 17.3 Å². The van der Waals surface area contributed by atoms with E-state index in [-0.39, 0.29) is 11.3 Å². The highest BCUT2D eigenvalue weighted by Gasteiger charge is 2.26. The number of oxazole rings is 1. The van der Waals surface area contributed by atoms with Gasteiger partial charge in [-0.1, -0.05) is 32.1 Å². The lowest BCUT2D eigenvalue weighted by Crippen LogP contribution is -2.48. The van der Waals surface area contributed by atoms with E-state index in [9.17, 15) is 10.1 Å². The molecule has 1 aliphatic rings. The summed E-state index contributed by atoms with van der Waals surface area (Å²) in [7, 11) is 0. The Morgan fingerprint density at radius 3 is 2.69 bits per heavy atom. The second-order valence-corrected chi connectivity index (χ2v) is 9.84. The van der Waals surface area contributed by atoms with Gasteiger partial charge < -0.3 is 14.2 Å². The minimum Gasteiger partial charge on any atom is -0.422 e. The Balaban J connectivity index is 1.28. The van der Waals surface area contributed by atoms with Crippen LogP contribution in [0.1, 0.15) is 36.7 Å². The lowest BCUT2D eigenvalue weighted by Gasteiger charge is -2.33. The summed E-state index contributed by atoms with van der Waals surface area (Å²) in [4.78, 5) is 25.6. The highest BCUT2D eigenvalue weighted by molar-refractivity contribution is 5.95. The third-order valence-electron chi connectivity index (χ3n) is 5.83. The fraction of sp³-hybridized carbons (Fsp3) is 0.360. The zero-order valence-corrected chi connectivity index (χ0v) is 20.0. The van der Waals surface area contributed by atoms with Crippen LogP contribution in [-0.4, -0.2) is 61.9 Å². The summed E-state index contributed by atoms with van der Waals surface area (Å²) in [5, 5.41) is 18.2. The second-order valence-electron chi connectivity index (χ2n) is 9.84. The van der Waals surface area contributed by atoms with Gasteiger partial charge in [0.2, 0.25) is 5.65 Å². The number of nitriles is 1. The van der Waals surface area contributed by atoms with Gasteiger partial charge in [0.25, 0.3) is 11.9 Å². The molecule has 1 aromatic carbocycles. The van der Waals surface area contributed by atoms with E-state index in [1.54, 1.807) is 34.0 Å². The molecule has 0 spiro atoms. The fourth-order valence-electron chi connectivity index (χ4n) is 4.15. The Hall–Kier alpha value is -4.26. The number of carbonyl (C=O) groups excluding carboxylic acids is 1. The molecule has 1 saturated heterocycles. The third kappa shape index (κ3) is 4.71. The average molecular weight is 471 g/mol. The van der Waals surface area contributed by atoms with Crippen molar-refractivity contribution in [2.75, 3.05) is 31.1 Å². The van der Waals surface area contributed by atoms with Gasteiger partial charge in [0.05, 0.1) is 17.8 Å². The minimum atomic E-state index is -0.108. The zero-order chi connectivity index (χ0) is 24.6. The molecule has 35 heavy (non-hydrogen) atoms. The molecule has 1 aliphatic heterocycles. The van der Waals surface area contributed by atoms with Crippen LogP contribution in [0.5, 0.6) is 0 Å². The fourth-order valence-corrected chi connectivity index (χ4v) is 4.15. The molecule has 10 heteroatoms. The van der Waals surface area contributed by atoms with Gasteiger partial charge in [0.1, 0.15) is 5.69 Å². The summed E-state index contributed by atoms with van der Waals surface area (Å²) >= 11 is 0. The largest absolute Gasteiger partial charge is 0.422 e. The Bertz CT molecular complexity index is 1380. The lowest BCUT2D eigenvalue weighted by molar-refractivity contribution is 0.0745. The topological polar surface area (TPSA) is 117 Å². The van der Waals surface area contributed by atoms with Crippen LogP contribution in [0.25, 0.3) is 22.5 Å². The predicted molar refractivity (Wildman–Crippen MR) is 130 cm³/mol. The van der Waals surface area contributed by atoms with Crippen molar-refractivity contribution in [2.24, 2.45) is 5.41 Å². The van der Waals surface area contributed by atoms with E-state index in [1.807, 2.05) is 23.2 Å². The average Bonchev–Trinajstić information content (AvgIpc) is 3.49. The molecular formula is C25H26N8O2. The monoisotopic (exact) mass is 470 g/mol. The number of benzene rings is 1. The van der Waals surface area contributed by atoms with E-state index in [2.05, 4.69) is 47.1 Å². The lowest BCUT2D eigenvalue weighted by atomic mass is 9.97. The van der Waals surface area contributed by atoms with Crippen LogP contribution in [-0.2, 0) is 6.54 Å². The van der Waals surface area contributed by atoms with E-state index < -0.39 is 0 Å². The predicted octanol–water partition coefficient (Wildman–Crippen LogP) is 3.36. The molecular weight excluding hydrogens is 444 g/mol. The standard InChI is InChI=1S/C25H26N8O2/c1-25(2,3)16-33-15-20(29-30-33)19-7-6-17(13-18(19)14-26)23(34)31-9-11-32(12-10-31)24-28-22-21(35-24)5-4-8-27-22/h4-8,13,15H,9-12,16H2,1-3H3. The van der Waals surface area contributed by atoms with E-state index in [0.717, 1.165) is 0 Å². The van der Waals surface area contributed by atoms with Crippen molar-refractivity contribution in [3.63, 3.8) is 0 Å². The van der Waals surface area contributed by atoms with Crippen molar-refractivity contribution in [1.29, 1.82) is 5.26 Å². The van der Waals surface area contributed by atoms with Crippen LogP contribution >= 0.6 is 0 Å². The molecule has 4 aromatic rings. The van der Waals surface area contributed by atoms with Crippen molar-refractivity contribution < 1.29 is 9.21 Å². The van der Waals surface area contributed by atoms with E-state index in [4.69, 9.17) is 4.42 Å². The first-order chi connectivity index (χ1) is 16.8. The number of anilines is 1. The van der Waals surface area contributed by atoms with E-state index >= 15 is 0 Å². The molecule has 3 aromatic heterocycles. The smallest absolute Gasteiger partial charge is 0.300 e. The maximum absolute atomic E-state index is 13.2. The number of hydrogen-bond acceptors (Lipinski definition) is 8. The van der Waals surface area contributed by atoms with Crippen molar-refractivity contribution in [3.05, 3.63) is 53.9 Å². The maximum atomic E-state index is 13.2. The summed E-state index contributed by atoms with van der Waals surface area (Å²) in [6.45, 7) is 9.33. The highest BCUT2D eigenvalue weighted by atomic mass is 16.4.